The van der Waals surface area contributed by atoms with Crippen LogP contribution in [-0.4, -0.2) is 33.5 Å². The predicted molar refractivity (Wildman–Crippen MR) is 98.5 cm³/mol. The second kappa shape index (κ2) is 8.52. The first-order valence-electron chi connectivity index (χ1n) is 7.78. The third-order valence-corrected chi connectivity index (χ3v) is 5.57. The molecule has 0 saturated carbocycles. The van der Waals surface area contributed by atoms with Crippen molar-refractivity contribution < 1.29 is 17.9 Å². The Morgan fingerprint density at radius 1 is 1.19 bits per heavy atom. The van der Waals surface area contributed by atoms with E-state index in [1.54, 1.807) is 36.4 Å². The maximum absolute atomic E-state index is 13.2. The van der Waals surface area contributed by atoms with Crippen molar-refractivity contribution in [1.29, 1.82) is 5.26 Å². The molecule has 0 aliphatic carbocycles. The van der Waals surface area contributed by atoms with Crippen molar-refractivity contribution in [2.75, 3.05) is 20.8 Å². The third kappa shape index (κ3) is 4.23. The molecule has 7 heteroatoms. The average Bonchev–Trinajstić information content (AvgIpc) is 2.67. The van der Waals surface area contributed by atoms with Crippen LogP contribution in [-0.2, 0) is 16.6 Å². The summed E-state index contributed by atoms with van der Waals surface area (Å²) in [6.45, 7) is 3.86. The smallest absolute Gasteiger partial charge is 0.247 e. The first kappa shape index (κ1) is 19.5. The van der Waals surface area contributed by atoms with Crippen LogP contribution < -0.4 is 9.47 Å². The molecule has 26 heavy (non-hydrogen) atoms. The fraction of sp³-hybridized carbons (Fsp3) is 0.211. The molecule has 6 nitrogen and oxygen atoms in total. The predicted octanol–water partition coefficient (Wildman–Crippen LogP) is 2.95. The number of nitrogens with zero attached hydrogens (tertiary/aromatic N) is 2. The number of methoxy groups -OCH3 is 2. The van der Waals surface area contributed by atoms with E-state index in [0.717, 1.165) is 0 Å². The molecule has 136 valence electrons. The molecule has 0 aliphatic heterocycles. The number of hydrogen-bond acceptors (Lipinski definition) is 5. The van der Waals surface area contributed by atoms with E-state index < -0.39 is 10.0 Å². The highest BCUT2D eigenvalue weighted by molar-refractivity contribution is 7.89. The summed E-state index contributed by atoms with van der Waals surface area (Å²) in [5, 5.41) is 9.03. The highest BCUT2D eigenvalue weighted by atomic mass is 32.2. The first-order valence-corrected chi connectivity index (χ1v) is 9.22. The van der Waals surface area contributed by atoms with Crippen LogP contribution in [0.3, 0.4) is 0 Å². The van der Waals surface area contributed by atoms with Crippen LogP contribution in [0, 0.1) is 11.3 Å². The van der Waals surface area contributed by atoms with Gasteiger partial charge in [0.1, 0.15) is 16.4 Å². The Bertz CT molecular complexity index is 933. The van der Waals surface area contributed by atoms with Crippen LogP contribution in [0.25, 0.3) is 0 Å². The number of hydrogen-bond donors (Lipinski definition) is 0. The van der Waals surface area contributed by atoms with Gasteiger partial charge in [0.15, 0.2) is 0 Å². The van der Waals surface area contributed by atoms with Gasteiger partial charge < -0.3 is 9.47 Å². The van der Waals surface area contributed by atoms with Gasteiger partial charge in [0.2, 0.25) is 10.0 Å². The summed E-state index contributed by atoms with van der Waals surface area (Å²) in [7, 11) is -1.01. The fourth-order valence-corrected chi connectivity index (χ4v) is 4.03. The lowest BCUT2D eigenvalue weighted by Gasteiger charge is -2.22. The van der Waals surface area contributed by atoms with Gasteiger partial charge in [0, 0.05) is 19.2 Å². The lowest BCUT2D eigenvalue weighted by Crippen LogP contribution is -2.31. The van der Waals surface area contributed by atoms with E-state index in [1.807, 2.05) is 0 Å². The lowest BCUT2D eigenvalue weighted by molar-refractivity contribution is 0.385. The Labute approximate surface area is 153 Å². The zero-order chi connectivity index (χ0) is 19.2. The van der Waals surface area contributed by atoms with Gasteiger partial charge in [0.05, 0.1) is 25.9 Å². The zero-order valence-corrected chi connectivity index (χ0v) is 15.5. The van der Waals surface area contributed by atoms with Crippen molar-refractivity contribution in [2.45, 2.75) is 11.4 Å². The Morgan fingerprint density at radius 2 is 1.96 bits per heavy atom. The van der Waals surface area contributed by atoms with Crippen LogP contribution in [0.15, 0.2) is 60.0 Å². The molecular weight excluding hydrogens is 352 g/mol. The number of ether oxygens (including phenoxy) is 2. The summed E-state index contributed by atoms with van der Waals surface area (Å²) < 4.78 is 38.0. The summed E-state index contributed by atoms with van der Waals surface area (Å²) in [5.41, 5.74) is 1.17. The fourth-order valence-electron chi connectivity index (χ4n) is 2.46. The molecule has 0 aromatic heterocycles. The molecule has 2 aromatic rings. The van der Waals surface area contributed by atoms with Gasteiger partial charge in [-0.1, -0.05) is 18.2 Å². The Morgan fingerprint density at radius 3 is 2.58 bits per heavy atom. The monoisotopic (exact) mass is 372 g/mol. The molecule has 0 atom stereocenters. The highest BCUT2D eigenvalue weighted by Gasteiger charge is 2.28. The maximum atomic E-state index is 13.2. The minimum atomic E-state index is -3.88. The molecule has 0 fully saturated rings. The van der Waals surface area contributed by atoms with Gasteiger partial charge in [0.25, 0.3) is 0 Å². The van der Waals surface area contributed by atoms with Crippen molar-refractivity contribution in [3.8, 4) is 17.6 Å². The van der Waals surface area contributed by atoms with Crippen molar-refractivity contribution in [3.05, 3.63) is 66.2 Å². The summed E-state index contributed by atoms with van der Waals surface area (Å²) in [5.74, 6) is 0.639. The van der Waals surface area contributed by atoms with Crippen LogP contribution in [0.4, 0.5) is 0 Å². The summed E-state index contributed by atoms with van der Waals surface area (Å²) >= 11 is 0. The molecule has 0 spiro atoms. The van der Waals surface area contributed by atoms with E-state index in [1.165, 1.54) is 30.7 Å². The molecule has 2 rings (SSSR count). The van der Waals surface area contributed by atoms with Crippen molar-refractivity contribution >= 4 is 10.0 Å². The van der Waals surface area contributed by atoms with Gasteiger partial charge in [-0.05, 0) is 29.8 Å². The second-order valence-electron chi connectivity index (χ2n) is 5.42. The standard InChI is InChI=1S/C19H20N2O4S/c1-4-10-21(14-16-7-5-6-15(11-16)13-20)26(22,23)19-12-17(24-2)8-9-18(19)25-3/h4-9,11-12H,1,10,14H2,2-3H3. The number of benzene rings is 2. The van der Waals surface area contributed by atoms with Crippen LogP contribution in [0.5, 0.6) is 11.5 Å². The number of sulfonamides is 1. The summed E-state index contributed by atoms with van der Waals surface area (Å²) in [4.78, 5) is 0.0117. The van der Waals surface area contributed by atoms with Gasteiger partial charge >= 0.3 is 0 Å². The molecule has 0 unspecified atom stereocenters. The first-order chi connectivity index (χ1) is 12.5. The Hall–Kier alpha value is -2.82. The molecule has 0 N–H and O–H groups in total. The van der Waals surface area contributed by atoms with E-state index >= 15 is 0 Å². The van der Waals surface area contributed by atoms with E-state index in [0.29, 0.717) is 16.9 Å². The van der Waals surface area contributed by atoms with E-state index in [4.69, 9.17) is 14.7 Å². The summed E-state index contributed by atoms with van der Waals surface area (Å²) in [6, 6.07) is 13.5. The van der Waals surface area contributed by atoms with Gasteiger partial charge in [-0.15, -0.1) is 6.58 Å². The quantitative estimate of drug-likeness (QED) is 0.666. The van der Waals surface area contributed by atoms with Crippen molar-refractivity contribution in [2.24, 2.45) is 0 Å². The van der Waals surface area contributed by atoms with E-state index in [9.17, 15) is 8.42 Å². The molecule has 0 saturated heterocycles. The van der Waals surface area contributed by atoms with E-state index in [2.05, 4.69) is 12.6 Å². The molecule has 0 heterocycles. The Balaban J connectivity index is 2.48. The van der Waals surface area contributed by atoms with Crippen LogP contribution in [0.2, 0.25) is 0 Å². The highest BCUT2D eigenvalue weighted by Crippen LogP contribution is 2.31. The zero-order valence-electron chi connectivity index (χ0n) is 14.7. The maximum Gasteiger partial charge on any atom is 0.247 e. The number of rotatable bonds is 8. The Kier molecular flexibility index (Phi) is 6.39. The summed E-state index contributed by atoms with van der Waals surface area (Å²) in [6.07, 6.45) is 1.51. The van der Waals surface area contributed by atoms with Crippen LogP contribution >= 0.6 is 0 Å². The normalized spacial score (nSPS) is 11.0. The largest absolute Gasteiger partial charge is 0.497 e. The van der Waals surface area contributed by atoms with Gasteiger partial charge in [-0.2, -0.15) is 9.57 Å². The van der Waals surface area contributed by atoms with Crippen LogP contribution in [0.1, 0.15) is 11.1 Å². The molecule has 0 bridgehead atoms. The topological polar surface area (TPSA) is 79.6 Å². The third-order valence-electron chi connectivity index (χ3n) is 3.74. The van der Waals surface area contributed by atoms with Gasteiger partial charge in [-0.3, -0.25) is 0 Å². The lowest BCUT2D eigenvalue weighted by atomic mass is 10.1. The minimum Gasteiger partial charge on any atom is -0.497 e. The van der Waals surface area contributed by atoms with Crippen molar-refractivity contribution in [3.63, 3.8) is 0 Å². The number of nitriles is 1. The molecular formula is C19H20N2O4S. The minimum absolute atomic E-state index is 0.0117. The molecule has 0 amide bonds. The van der Waals surface area contributed by atoms with Gasteiger partial charge in [-0.25, -0.2) is 8.42 Å². The van der Waals surface area contributed by atoms with Crippen molar-refractivity contribution in [1.82, 2.24) is 4.31 Å². The molecule has 2 aromatic carbocycles. The SMILES string of the molecule is C=CCN(Cc1cccc(C#N)c1)S(=O)(=O)c1cc(OC)ccc1OC. The second-order valence-corrected chi connectivity index (χ2v) is 7.32. The van der Waals surface area contributed by atoms with E-state index in [-0.39, 0.29) is 23.7 Å². The molecule has 0 radical (unpaired) electrons. The molecule has 0 aliphatic rings. The average molecular weight is 372 g/mol.